The molecule has 21 heavy (non-hydrogen) atoms. The number of halogens is 4. The Bertz CT molecular complexity index is 507. The van der Waals surface area contributed by atoms with Crippen molar-refractivity contribution < 1.29 is 27.5 Å². The molecule has 1 aromatic heterocycles. The number of thiophene rings is 1. The molecule has 0 bridgehead atoms. The van der Waals surface area contributed by atoms with Gasteiger partial charge in [0.05, 0.1) is 4.34 Å². The molecular weight excluding hydrogens is 333 g/mol. The number of carbonyl (C=O) groups is 2. The summed E-state index contributed by atoms with van der Waals surface area (Å²) in [4.78, 5) is 23.2. The van der Waals surface area contributed by atoms with E-state index >= 15 is 0 Å². The number of rotatable bonds is 5. The summed E-state index contributed by atoms with van der Waals surface area (Å²) >= 11 is 7.00. The van der Waals surface area contributed by atoms with Crippen molar-refractivity contribution in [1.82, 2.24) is 10.6 Å². The van der Waals surface area contributed by atoms with Crippen molar-refractivity contribution in [3.8, 4) is 0 Å². The van der Waals surface area contributed by atoms with Gasteiger partial charge in [-0.2, -0.15) is 13.2 Å². The van der Waals surface area contributed by atoms with Crippen LogP contribution in [0.1, 0.15) is 11.0 Å². The van der Waals surface area contributed by atoms with Crippen LogP contribution in [0.4, 0.5) is 13.2 Å². The van der Waals surface area contributed by atoms with Gasteiger partial charge in [-0.1, -0.05) is 11.6 Å². The lowest BCUT2D eigenvalue weighted by Crippen LogP contribution is -2.44. The number of hydrogen-bond acceptors (Lipinski definition) is 4. The quantitative estimate of drug-likeness (QED) is 0.801. The van der Waals surface area contributed by atoms with Gasteiger partial charge >= 0.3 is 18.0 Å². The lowest BCUT2D eigenvalue weighted by molar-refractivity contribution is -0.146. The largest absolute Gasteiger partial charge is 0.405 e. The zero-order valence-corrected chi connectivity index (χ0v) is 12.4. The highest BCUT2D eigenvalue weighted by Gasteiger charge is 2.29. The molecule has 0 aromatic carbocycles. The standard InChI is InChI=1S/C11H12ClF3N2O3S/c1-20-6(7-2-3-8(12)21-7)4-16-9(18)10(19)17-5-11(13,14)15/h2-3,6H,4-5H2,1H3,(H,16,18)(H,17,19). The van der Waals surface area contributed by atoms with E-state index in [4.69, 9.17) is 16.3 Å². The smallest absolute Gasteiger partial charge is 0.374 e. The van der Waals surface area contributed by atoms with E-state index in [0.717, 1.165) is 4.88 Å². The monoisotopic (exact) mass is 344 g/mol. The number of alkyl halides is 3. The molecule has 0 aliphatic heterocycles. The molecule has 1 unspecified atom stereocenters. The average Bonchev–Trinajstić information content (AvgIpc) is 2.82. The van der Waals surface area contributed by atoms with E-state index in [-0.39, 0.29) is 6.54 Å². The summed E-state index contributed by atoms with van der Waals surface area (Å²) in [6.45, 7) is -1.63. The first-order chi connectivity index (χ1) is 9.73. The first-order valence-corrected chi connectivity index (χ1v) is 6.83. The molecule has 1 aromatic rings. The van der Waals surface area contributed by atoms with Gasteiger partial charge in [-0.25, -0.2) is 0 Å². The summed E-state index contributed by atoms with van der Waals surface area (Å²) in [6.07, 6.45) is -5.11. The molecule has 0 spiro atoms. The predicted molar refractivity (Wildman–Crippen MR) is 71.2 cm³/mol. The van der Waals surface area contributed by atoms with Crippen LogP contribution in [-0.4, -0.2) is 38.2 Å². The summed E-state index contributed by atoms with van der Waals surface area (Å²) in [6, 6.07) is 3.34. The molecule has 0 radical (unpaired) electrons. The van der Waals surface area contributed by atoms with Gasteiger partial charge in [0.25, 0.3) is 0 Å². The molecular formula is C11H12ClF3N2O3S. The maximum absolute atomic E-state index is 11.9. The third-order valence-corrected chi connectivity index (χ3v) is 3.62. The SMILES string of the molecule is COC(CNC(=O)C(=O)NCC(F)(F)F)c1ccc(Cl)s1. The van der Waals surface area contributed by atoms with E-state index in [9.17, 15) is 22.8 Å². The predicted octanol–water partition coefficient (Wildman–Crippen LogP) is 1.88. The average molecular weight is 345 g/mol. The third-order valence-electron chi connectivity index (χ3n) is 2.30. The molecule has 1 atom stereocenters. The van der Waals surface area contributed by atoms with E-state index in [1.165, 1.54) is 23.8 Å². The van der Waals surface area contributed by atoms with Crippen LogP contribution in [-0.2, 0) is 14.3 Å². The number of ether oxygens (including phenoxy) is 1. The summed E-state index contributed by atoms with van der Waals surface area (Å²) in [5.74, 6) is -2.52. The fourth-order valence-corrected chi connectivity index (χ4v) is 2.47. The van der Waals surface area contributed by atoms with Gasteiger partial charge in [0.1, 0.15) is 12.6 Å². The maximum atomic E-state index is 11.9. The zero-order chi connectivity index (χ0) is 16.0. The molecule has 2 N–H and O–H groups in total. The highest BCUT2D eigenvalue weighted by Crippen LogP contribution is 2.28. The maximum Gasteiger partial charge on any atom is 0.405 e. The lowest BCUT2D eigenvalue weighted by Gasteiger charge is -2.14. The molecule has 10 heteroatoms. The zero-order valence-electron chi connectivity index (χ0n) is 10.8. The number of hydrogen-bond donors (Lipinski definition) is 2. The van der Waals surface area contributed by atoms with Crippen molar-refractivity contribution in [2.45, 2.75) is 12.3 Å². The van der Waals surface area contributed by atoms with E-state index in [1.807, 2.05) is 0 Å². The van der Waals surface area contributed by atoms with Gasteiger partial charge in [-0.05, 0) is 12.1 Å². The number of methoxy groups -OCH3 is 1. The highest BCUT2D eigenvalue weighted by molar-refractivity contribution is 7.16. The Balaban J connectivity index is 2.45. The van der Waals surface area contributed by atoms with Crippen molar-refractivity contribution in [2.75, 3.05) is 20.2 Å². The van der Waals surface area contributed by atoms with Crippen LogP contribution in [0.3, 0.4) is 0 Å². The second-order valence-electron chi connectivity index (χ2n) is 3.87. The Morgan fingerprint density at radius 2 is 1.95 bits per heavy atom. The summed E-state index contributed by atoms with van der Waals surface area (Å²) < 4.78 is 41.3. The molecule has 1 rings (SSSR count). The Hall–Kier alpha value is -1.32. The summed E-state index contributed by atoms with van der Waals surface area (Å²) in [5.41, 5.74) is 0. The summed E-state index contributed by atoms with van der Waals surface area (Å²) in [5, 5.41) is 3.67. The van der Waals surface area contributed by atoms with Crippen LogP contribution in [0.2, 0.25) is 4.34 Å². The van der Waals surface area contributed by atoms with Crippen LogP contribution in [0.15, 0.2) is 12.1 Å². The fourth-order valence-electron chi connectivity index (χ4n) is 1.33. The van der Waals surface area contributed by atoms with Gasteiger partial charge < -0.3 is 15.4 Å². The Labute approximate surface area is 127 Å². The van der Waals surface area contributed by atoms with Crippen molar-refractivity contribution in [1.29, 1.82) is 0 Å². The van der Waals surface area contributed by atoms with E-state index < -0.39 is 30.6 Å². The normalized spacial score (nSPS) is 12.8. The van der Waals surface area contributed by atoms with Crippen molar-refractivity contribution in [2.24, 2.45) is 0 Å². The van der Waals surface area contributed by atoms with Gasteiger partial charge in [0, 0.05) is 18.5 Å². The molecule has 1 heterocycles. The molecule has 2 amide bonds. The third kappa shape index (κ3) is 6.32. The van der Waals surface area contributed by atoms with Crippen LogP contribution in [0.5, 0.6) is 0 Å². The first-order valence-electron chi connectivity index (χ1n) is 5.63. The molecule has 5 nitrogen and oxygen atoms in total. The lowest BCUT2D eigenvalue weighted by atomic mass is 10.3. The molecule has 0 fully saturated rings. The molecule has 118 valence electrons. The van der Waals surface area contributed by atoms with Crippen LogP contribution in [0, 0.1) is 0 Å². The molecule has 0 saturated carbocycles. The summed E-state index contributed by atoms with van der Waals surface area (Å²) in [7, 11) is 1.40. The van der Waals surface area contributed by atoms with Crippen molar-refractivity contribution >= 4 is 34.8 Å². The van der Waals surface area contributed by atoms with Crippen LogP contribution >= 0.6 is 22.9 Å². The topological polar surface area (TPSA) is 67.4 Å². The van der Waals surface area contributed by atoms with Gasteiger partial charge in [0.2, 0.25) is 0 Å². The Kier molecular flexibility index (Phi) is 6.43. The number of nitrogens with one attached hydrogen (secondary N) is 2. The van der Waals surface area contributed by atoms with Crippen LogP contribution in [0.25, 0.3) is 0 Å². The molecule has 0 saturated heterocycles. The number of carbonyl (C=O) groups excluding carboxylic acids is 2. The fraction of sp³-hybridized carbons (Fsp3) is 0.455. The Morgan fingerprint density at radius 3 is 2.43 bits per heavy atom. The molecule has 0 aliphatic rings. The Morgan fingerprint density at radius 1 is 1.33 bits per heavy atom. The van der Waals surface area contributed by atoms with Crippen LogP contribution < -0.4 is 10.6 Å². The second-order valence-corrected chi connectivity index (χ2v) is 5.62. The van der Waals surface area contributed by atoms with E-state index in [0.29, 0.717) is 4.34 Å². The highest BCUT2D eigenvalue weighted by atomic mass is 35.5. The minimum atomic E-state index is -4.57. The van der Waals surface area contributed by atoms with Gasteiger partial charge in [-0.3, -0.25) is 9.59 Å². The van der Waals surface area contributed by atoms with E-state index in [2.05, 4.69) is 5.32 Å². The minimum Gasteiger partial charge on any atom is -0.374 e. The molecule has 0 aliphatic carbocycles. The van der Waals surface area contributed by atoms with Crippen molar-refractivity contribution in [3.05, 3.63) is 21.3 Å². The first kappa shape index (κ1) is 17.7. The van der Waals surface area contributed by atoms with E-state index in [1.54, 1.807) is 12.1 Å². The van der Waals surface area contributed by atoms with Crippen molar-refractivity contribution in [3.63, 3.8) is 0 Å². The minimum absolute atomic E-state index is 0.0639. The number of amides is 2. The second kappa shape index (κ2) is 7.62. The van der Waals surface area contributed by atoms with Gasteiger partial charge in [0.15, 0.2) is 0 Å². The van der Waals surface area contributed by atoms with Gasteiger partial charge in [-0.15, -0.1) is 11.3 Å².